The van der Waals surface area contributed by atoms with E-state index >= 15 is 0 Å². The molecule has 5 heteroatoms. The zero-order valence-corrected chi connectivity index (χ0v) is 11.9. The topological polar surface area (TPSA) is 39.2 Å². The van der Waals surface area contributed by atoms with Gasteiger partial charge in [-0.25, -0.2) is 13.6 Å². The quantitative estimate of drug-likeness (QED) is 0.816. The van der Waals surface area contributed by atoms with Crippen LogP contribution in [0.4, 0.5) is 8.78 Å². The highest BCUT2D eigenvalue weighted by molar-refractivity contribution is 5.92. The molecule has 0 bridgehead atoms. The summed E-state index contributed by atoms with van der Waals surface area (Å²) in [7, 11) is 1.33. The molecule has 3 nitrogen and oxygen atoms in total. The highest BCUT2D eigenvalue weighted by Crippen LogP contribution is 2.29. The summed E-state index contributed by atoms with van der Waals surface area (Å²) < 4.78 is 31.0. The van der Waals surface area contributed by atoms with E-state index in [2.05, 4.69) is 4.98 Å². The largest absolute Gasteiger partial charge is 0.465 e. The SMILES string of the molecule is COC(=O)c1ccnc2c1CC(Cc1ccc(F)c(F)c1)=C2. The van der Waals surface area contributed by atoms with Crippen molar-refractivity contribution in [2.75, 3.05) is 7.11 Å². The first-order valence-electron chi connectivity index (χ1n) is 6.78. The Morgan fingerprint density at radius 2 is 2.09 bits per heavy atom. The van der Waals surface area contributed by atoms with Gasteiger partial charge in [0.15, 0.2) is 11.6 Å². The molecule has 1 aliphatic rings. The molecule has 0 saturated heterocycles. The van der Waals surface area contributed by atoms with Crippen LogP contribution in [0.1, 0.15) is 27.2 Å². The number of benzene rings is 1. The first-order chi connectivity index (χ1) is 10.6. The van der Waals surface area contributed by atoms with Crippen molar-refractivity contribution in [2.45, 2.75) is 12.8 Å². The monoisotopic (exact) mass is 301 g/mol. The van der Waals surface area contributed by atoms with E-state index in [9.17, 15) is 13.6 Å². The van der Waals surface area contributed by atoms with Gasteiger partial charge in [0.05, 0.1) is 18.4 Å². The van der Waals surface area contributed by atoms with Crippen molar-refractivity contribution in [3.8, 4) is 0 Å². The Labute approximate surface area is 126 Å². The average Bonchev–Trinajstić information content (AvgIpc) is 2.92. The number of rotatable bonds is 3. The summed E-state index contributed by atoms with van der Waals surface area (Å²) in [5.41, 5.74) is 3.69. The number of carbonyl (C=O) groups excluding carboxylic acids is 1. The van der Waals surface area contributed by atoms with Gasteiger partial charge in [-0.3, -0.25) is 4.98 Å². The number of halogens is 2. The molecule has 1 aliphatic carbocycles. The van der Waals surface area contributed by atoms with Crippen molar-refractivity contribution >= 4 is 12.0 Å². The van der Waals surface area contributed by atoms with E-state index in [4.69, 9.17) is 4.74 Å². The predicted molar refractivity (Wildman–Crippen MR) is 77.3 cm³/mol. The van der Waals surface area contributed by atoms with Crippen molar-refractivity contribution in [1.29, 1.82) is 0 Å². The zero-order chi connectivity index (χ0) is 15.7. The van der Waals surface area contributed by atoms with Gasteiger partial charge in [-0.05, 0) is 48.2 Å². The number of fused-ring (bicyclic) bond motifs is 1. The Hall–Kier alpha value is -2.56. The molecular weight excluding hydrogens is 288 g/mol. The molecule has 0 unspecified atom stereocenters. The number of aromatic nitrogens is 1. The smallest absolute Gasteiger partial charge is 0.338 e. The van der Waals surface area contributed by atoms with E-state index in [0.717, 1.165) is 22.9 Å². The molecule has 1 aromatic carbocycles. The van der Waals surface area contributed by atoms with Crippen LogP contribution in [0.2, 0.25) is 0 Å². The van der Waals surface area contributed by atoms with Gasteiger partial charge in [0.25, 0.3) is 0 Å². The second kappa shape index (κ2) is 5.67. The van der Waals surface area contributed by atoms with Crippen LogP contribution in [-0.2, 0) is 17.6 Å². The fraction of sp³-hybridized carbons (Fsp3) is 0.176. The number of hydrogen-bond donors (Lipinski definition) is 0. The van der Waals surface area contributed by atoms with Crippen LogP contribution in [0.15, 0.2) is 36.0 Å². The third kappa shape index (κ3) is 2.62. The highest BCUT2D eigenvalue weighted by atomic mass is 19.2. The molecule has 2 aromatic rings. The van der Waals surface area contributed by atoms with Crippen LogP contribution in [0, 0.1) is 11.6 Å². The lowest BCUT2D eigenvalue weighted by atomic mass is 10.0. The number of pyridine rings is 1. The van der Waals surface area contributed by atoms with Crippen molar-refractivity contribution in [3.05, 3.63) is 70.1 Å². The molecule has 1 heterocycles. The van der Waals surface area contributed by atoms with E-state index in [1.165, 1.54) is 13.2 Å². The lowest BCUT2D eigenvalue weighted by molar-refractivity contribution is 0.0599. The number of esters is 1. The Morgan fingerprint density at radius 3 is 2.82 bits per heavy atom. The second-order valence-corrected chi connectivity index (χ2v) is 5.12. The van der Waals surface area contributed by atoms with Crippen molar-refractivity contribution in [1.82, 2.24) is 4.98 Å². The highest BCUT2D eigenvalue weighted by Gasteiger charge is 2.21. The summed E-state index contributed by atoms with van der Waals surface area (Å²) in [6.45, 7) is 0. The minimum atomic E-state index is -0.859. The normalized spacial score (nSPS) is 12.8. The molecular formula is C17H13F2NO2. The van der Waals surface area contributed by atoms with E-state index in [0.29, 0.717) is 24.0 Å². The van der Waals surface area contributed by atoms with Gasteiger partial charge in [-0.1, -0.05) is 11.6 Å². The maximum Gasteiger partial charge on any atom is 0.338 e. The molecule has 0 amide bonds. The van der Waals surface area contributed by atoms with Crippen LogP contribution in [0.25, 0.3) is 6.08 Å². The van der Waals surface area contributed by atoms with E-state index in [-0.39, 0.29) is 0 Å². The number of carbonyl (C=O) groups is 1. The summed E-state index contributed by atoms with van der Waals surface area (Å²) >= 11 is 0. The fourth-order valence-corrected chi connectivity index (χ4v) is 2.62. The Bertz CT molecular complexity index is 784. The van der Waals surface area contributed by atoms with E-state index in [1.807, 2.05) is 6.08 Å². The van der Waals surface area contributed by atoms with Gasteiger partial charge in [0, 0.05) is 6.20 Å². The Balaban J connectivity index is 1.84. The standard InChI is InChI=1S/C17H13F2NO2/c1-22-17(21)12-4-5-20-16-9-11(7-13(12)16)6-10-2-3-14(18)15(19)8-10/h2-5,8-9H,6-7H2,1H3. The number of allylic oxidation sites excluding steroid dienone is 1. The number of ether oxygens (including phenoxy) is 1. The van der Waals surface area contributed by atoms with Gasteiger partial charge >= 0.3 is 5.97 Å². The first kappa shape index (κ1) is 14.4. The van der Waals surface area contributed by atoms with Crippen LogP contribution < -0.4 is 0 Å². The van der Waals surface area contributed by atoms with Gasteiger partial charge in [0.1, 0.15) is 0 Å². The number of methoxy groups -OCH3 is 1. The van der Waals surface area contributed by atoms with Crippen LogP contribution in [0.5, 0.6) is 0 Å². The minimum Gasteiger partial charge on any atom is -0.465 e. The molecule has 0 N–H and O–H groups in total. The van der Waals surface area contributed by atoms with E-state index in [1.54, 1.807) is 18.3 Å². The maximum absolute atomic E-state index is 13.3. The molecule has 112 valence electrons. The van der Waals surface area contributed by atoms with Crippen LogP contribution in [0.3, 0.4) is 0 Å². The molecule has 1 aromatic heterocycles. The van der Waals surface area contributed by atoms with Gasteiger partial charge in [-0.2, -0.15) is 0 Å². The molecule has 0 spiro atoms. The fourth-order valence-electron chi connectivity index (χ4n) is 2.62. The lowest BCUT2D eigenvalue weighted by Crippen LogP contribution is -2.07. The molecule has 0 aliphatic heterocycles. The molecule has 22 heavy (non-hydrogen) atoms. The summed E-state index contributed by atoms with van der Waals surface area (Å²) in [5.74, 6) is -2.12. The van der Waals surface area contributed by atoms with Crippen LogP contribution in [-0.4, -0.2) is 18.1 Å². The number of hydrogen-bond acceptors (Lipinski definition) is 3. The van der Waals surface area contributed by atoms with Crippen molar-refractivity contribution in [2.24, 2.45) is 0 Å². The van der Waals surface area contributed by atoms with Crippen molar-refractivity contribution in [3.63, 3.8) is 0 Å². The zero-order valence-electron chi connectivity index (χ0n) is 11.9. The summed E-state index contributed by atoms with van der Waals surface area (Å²) in [4.78, 5) is 16.0. The average molecular weight is 301 g/mol. The third-order valence-corrected chi connectivity index (χ3v) is 3.65. The molecule has 0 radical (unpaired) electrons. The number of nitrogens with zero attached hydrogens (tertiary/aromatic N) is 1. The molecule has 0 saturated carbocycles. The van der Waals surface area contributed by atoms with Crippen LogP contribution >= 0.6 is 0 Å². The third-order valence-electron chi connectivity index (χ3n) is 3.65. The summed E-state index contributed by atoms with van der Waals surface area (Å²) in [5, 5.41) is 0. The summed E-state index contributed by atoms with van der Waals surface area (Å²) in [6, 6.07) is 5.48. The lowest BCUT2D eigenvalue weighted by Gasteiger charge is -2.06. The van der Waals surface area contributed by atoms with Crippen molar-refractivity contribution < 1.29 is 18.3 Å². The summed E-state index contributed by atoms with van der Waals surface area (Å²) in [6.07, 6.45) is 4.46. The first-order valence-corrected chi connectivity index (χ1v) is 6.78. The maximum atomic E-state index is 13.3. The van der Waals surface area contributed by atoms with Gasteiger partial charge in [0.2, 0.25) is 0 Å². The second-order valence-electron chi connectivity index (χ2n) is 5.12. The molecule has 0 atom stereocenters. The Morgan fingerprint density at radius 1 is 1.27 bits per heavy atom. The van der Waals surface area contributed by atoms with E-state index < -0.39 is 17.6 Å². The minimum absolute atomic E-state index is 0.402. The predicted octanol–water partition coefficient (Wildman–Crippen LogP) is 3.33. The molecule has 0 fully saturated rings. The van der Waals surface area contributed by atoms with Gasteiger partial charge < -0.3 is 4.74 Å². The Kier molecular flexibility index (Phi) is 3.71. The van der Waals surface area contributed by atoms with Gasteiger partial charge in [-0.15, -0.1) is 0 Å². The molecule has 3 rings (SSSR count).